The first-order valence-corrected chi connectivity index (χ1v) is 6.51. The fraction of sp³-hybridized carbons (Fsp3) is 0.250. The second kappa shape index (κ2) is 4.88. The molecule has 0 aliphatic carbocycles. The molecule has 0 aliphatic rings. The van der Waals surface area contributed by atoms with Crippen LogP contribution in [0.4, 0.5) is 13.2 Å². The van der Waals surface area contributed by atoms with Gasteiger partial charge in [-0.15, -0.1) is 0 Å². The fourth-order valence-electron chi connectivity index (χ4n) is 0.878. The molecule has 0 unspecified atom stereocenters. The lowest BCUT2D eigenvalue weighted by Crippen LogP contribution is -2.28. The Morgan fingerprint density at radius 3 is 2.24 bits per heavy atom. The number of methoxy groups -OCH3 is 1. The number of rotatable bonds is 3. The minimum Gasteiger partial charge on any atom is -0.496 e. The summed E-state index contributed by atoms with van der Waals surface area (Å²) >= 11 is 1.63. The van der Waals surface area contributed by atoms with Crippen molar-refractivity contribution in [3.63, 3.8) is 0 Å². The normalized spacial score (nSPS) is 12.3. The van der Waals surface area contributed by atoms with E-state index < -0.39 is 21.4 Å². The lowest BCUT2D eigenvalue weighted by molar-refractivity contribution is -0.0500. The van der Waals surface area contributed by atoms with Crippen LogP contribution < -0.4 is 8.92 Å². The number of alkyl halides is 3. The van der Waals surface area contributed by atoms with E-state index in [1.165, 1.54) is 19.2 Å². The molecule has 1 aromatic rings. The molecular weight excluding hydrogens is 376 g/mol. The van der Waals surface area contributed by atoms with Crippen molar-refractivity contribution in [2.24, 2.45) is 0 Å². The molecule has 0 radical (unpaired) electrons. The summed E-state index contributed by atoms with van der Waals surface area (Å²) in [6.45, 7) is 0. The van der Waals surface area contributed by atoms with Gasteiger partial charge in [0.15, 0.2) is 5.75 Å². The fourth-order valence-corrected chi connectivity index (χ4v) is 2.19. The van der Waals surface area contributed by atoms with E-state index in [0.717, 1.165) is 6.07 Å². The molecule has 0 amide bonds. The number of hydrogen-bond acceptors (Lipinski definition) is 4. The summed E-state index contributed by atoms with van der Waals surface area (Å²) < 4.78 is 66.8. The minimum atomic E-state index is -5.66. The van der Waals surface area contributed by atoms with E-state index in [2.05, 4.69) is 4.18 Å². The van der Waals surface area contributed by atoms with Gasteiger partial charge in [0.05, 0.1) is 10.7 Å². The Balaban J connectivity index is 3.14. The van der Waals surface area contributed by atoms with Gasteiger partial charge in [0.2, 0.25) is 0 Å². The van der Waals surface area contributed by atoms with Crippen LogP contribution >= 0.6 is 22.6 Å². The van der Waals surface area contributed by atoms with Gasteiger partial charge in [-0.25, -0.2) is 0 Å². The van der Waals surface area contributed by atoms with Crippen molar-refractivity contribution in [3.8, 4) is 11.5 Å². The van der Waals surface area contributed by atoms with E-state index in [1.54, 1.807) is 22.6 Å². The monoisotopic (exact) mass is 382 g/mol. The highest BCUT2D eigenvalue weighted by Gasteiger charge is 2.48. The standard InChI is InChI=1S/C8H6F3IO4S/c1-15-5-3-2-4-6(7(5)12)16-17(13,14)8(9,10)11/h2-4H,1H3. The molecule has 0 fully saturated rings. The Bertz CT molecular complexity index is 512. The maximum atomic E-state index is 12.1. The quantitative estimate of drug-likeness (QED) is 0.458. The SMILES string of the molecule is COc1cccc(OS(=O)(=O)C(F)(F)F)c1I. The highest BCUT2D eigenvalue weighted by atomic mass is 127. The van der Waals surface area contributed by atoms with Gasteiger partial charge in [-0.2, -0.15) is 21.6 Å². The van der Waals surface area contributed by atoms with Crippen LogP contribution in [0.5, 0.6) is 11.5 Å². The lowest BCUT2D eigenvalue weighted by Gasteiger charge is -2.12. The Kier molecular flexibility index (Phi) is 4.12. The summed E-state index contributed by atoms with van der Waals surface area (Å²) in [7, 11) is -4.35. The first-order chi connectivity index (χ1) is 7.69. The molecule has 0 spiro atoms. The summed E-state index contributed by atoms with van der Waals surface area (Å²) in [6.07, 6.45) is 0. The van der Waals surface area contributed by atoms with Crippen molar-refractivity contribution >= 4 is 32.7 Å². The van der Waals surface area contributed by atoms with Crippen LogP contribution in [-0.4, -0.2) is 21.0 Å². The first-order valence-electron chi connectivity index (χ1n) is 4.02. The van der Waals surface area contributed by atoms with E-state index in [4.69, 9.17) is 4.74 Å². The van der Waals surface area contributed by atoms with E-state index >= 15 is 0 Å². The molecule has 0 aliphatic heterocycles. The molecule has 0 atom stereocenters. The Morgan fingerprint density at radius 2 is 1.76 bits per heavy atom. The third kappa shape index (κ3) is 3.15. The highest BCUT2D eigenvalue weighted by molar-refractivity contribution is 14.1. The Morgan fingerprint density at radius 1 is 1.24 bits per heavy atom. The largest absolute Gasteiger partial charge is 0.534 e. The number of halogens is 4. The molecule has 1 aromatic carbocycles. The predicted octanol–water partition coefficient (Wildman–Crippen LogP) is 2.53. The number of hydrogen-bond donors (Lipinski definition) is 0. The smallest absolute Gasteiger partial charge is 0.496 e. The molecule has 0 bridgehead atoms. The third-order valence-corrected chi connectivity index (χ3v) is 3.66. The second-order valence-corrected chi connectivity index (χ2v) is 5.37. The van der Waals surface area contributed by atoms with E-state index in [9.17, 15) is 21.6 Å². The van der Waals surface area contributed by atoms with Crippen molar-refractivity contribution in [1.29, 1.82) is 0 Å². The summed E-state index contributed by atoms with van der Waals surface area (Å²) in [5.74, 6) is -0.206. The van der Waals surface area contributed by atoms with Gasteiger partial charge in [-0.3, -0.25) is 0 Å². The predicted molar refractivity (Wildman–Crippen MR) is 61.3 cm³/mol. The van der Waals surface area contributed by atoms with Gasteiger partial charge >= 0.3 is 15.6 Å². The van der Waals surface area contributed by atoms with Crippen LogP contribution in [0.15, 0.2) is 18.2 Å². The molecular formula is C8H6F3IO4S. The molecule has 0 N–H and O–H groups in total. The Labute approximate surface area is 109 Å². The maximum Gasteiger partial charge on any atom is 0.534 e. The molecule has 17 heavy (non-hydrogen) atoms. The third-order valence-electron chi connectivity index (χ3n) is 1.63. The van der Waals surface area contributed by atoms with Crippen molar-refractivity contribution < 1.29 is 30.5 Å². The zero-order chi connectivity index (χ0) is 13.3. The molecule has 4 nitrogen and oxygen atoms in total. The zero-order valence-electron chi connectivity index (χ0n) is 8.29. The summed E-state index contributed by atoms with van der Waals surface area (Å²) in [5.41, 5.74) is -5.46. The van der Waals surface area contributed by atoms with Crippen LogP contribution in [0.2, 0.25) is 0 Å². The number of benzene rings is 1. The summed E-state index contributed by atoms with van der Waals surface area (Å²) in [6, 6.07) is 3.89. The van der Waals surface area contributed by atoms with Gasteiger partial charge in [0.1, 0.15) is 5.75 Å². The number of ether oxygens (including phenoxy) is 1. The van der Waals surface area contributed by atoms with Crippen molar-refractivity contribution in [2.45, 2.75) is 5.51 Å². The first kappa shape index (κ1) is 14.4. The summed E-state index contributed by atoms with van der Waals surface area (Å²) in [4.78, 5) is 0. The molecule has 0 heterocycles. The molecule has 0 saturated carbocycles. The summed E-state index contributed by atoms with van der Waals surface area (Å²) in [5, 5.41) is 0. The van der Waals surface area contributed by atoms with Crippen LogP contribution in [0.1, 0.15) is 0 Å². The van der Waals surface area contributed by atoms with Crippen molar-refractivity contribution in [3.05, 3.63) is 21.8 Å². The molecule has 9 heteroatoms. The van der Waals surface area contributed by atoms with Crippen molar-refractivity contribution in [1.82, 2.24) is 0 Å². The van der Waals surface area contributed by atoms with Gasteiger partial charge in [0, 0.05) is 0 Å². The van der Waals surface area contributed by atoms with Crippen LogP contribution in [0.3, 0.4) is 0 Å². The Hall–Kier alpha value is -0.710. The van der Waals surface area contributed by atoms with Gasteiger partial charge in [-0.1, -0.05) is 6.07 Å². The van der Waals surface area contributed by atoms with Crippen molar-refractivity contribution in [2.75, 3.05) is 7.11 Å². The maximum absolute atomic E-state index is 12.1. The topological polar surface area (TPSA) is 52.6 Å². The zero-order valence-corrected chi connectivity index (χ0v) is 11.3. The molecule has 0 saturated heterocycles. The van der Waals surface area contributed by atoms with Gasteiger partial charge in [-0.05, 0) is 34.7 Å². The van der Waals surface area contributed by atoms with Gasteiger partial charge < -0.3 is 8.92 Å². The average molecular weight is 382 g/mol. The molecule has 96 valence electrons. The van der Waals surface area contributed by atoms with Crippen LogP contribution in [0.25, 0.3) is 0 Å². The second-order valence-electron chi connectivity index (χ2n) is 2.76. The van der Waals surface area contributed by atoms with Crippen LogP contribution in [0, 0.1) is 3.57 Å². The molecule has 0 aromatic heterocycles. The lowest BCUT2D eigenvalue weighted by atomic mass is 10.3. The minimum absolute atomic E-state index is 0.139. The van der Waals surface area contributed by atoms with Crippen LogP contribution in [-0.2, 0) is 10.1 Å². The van der Waals surface area contributed by atoms with E-state index in [0.29, 0.717) is 0 Å². The average Bonchev–Trinajstić information content (AvgIpc) is 2.19. The van der Waals surface area contributed by atoms with E-state index in [-0.39, 0.29) is 9.32 Å². The van der Waals surface area contributed by atoms with Gasteiger partial charge in [0.25, 0.3) is 0 Å². The molecule has 1 rings (SSSR count). The highest BCUT2D eigenvalue weighted by Crippen LogP contribution is 2.33. The van der Waals surface area contributed by atoms with E-state index in [1.807, 2.05) is 0 Å².